The molecule has 0 aromatic carbocycles. The van der Waals surface area contributed by atoms with E-state index in [0.717, 1.165) is 31.7 Å². The highest BCUT2D eigenvalue weighted by atomic mass is 16.5. The number of aryl methyl sites for hydroxylation is 1. The van der Waals surface area contributed by atoms with Crippen LogP contribution < -0.4 is 10.2 Å². The third-order valence-corrected chi connectivity index (χ3v) is 4.41. The third kappa shape index (κ3) is 3.71. The van der Waals surface area contributed by atoms with E-state index in [9.17, 15) is 0 Å². The maximum Gasteiger partial charge on any atom is 0.100 e. The van der Waals surface area contributed by atoms with E-state index >= 15 is 0 Å². The molecule has 124 valence electrons. The maximum absolute atomic E-state index is 5.93. The van der Waals surface area contributed by atoms with Crippen LogP contribution in [0.3, 0.4) is 0 Å². The lowest BCUT2D eigenvalue weighted by Gasteiger charge is -2.30. The number of rotatable bonds is 5. The standard InChI is InChI=1S/C17H25N5O/c1-21(2)15-4-6-18-9-13(15)10-20-14-5-7-23-17(8-14)16-11-19-12-22(16)3/h4,6,9,11-12,14,17,20H,5,7-8,10H2,1-3H3/t14-,17+/m1/s1. The van der Waals surface area contributed by atoms with Crippen LogP contribution in [0.1, 0.15) is 30.2 Å². The average molecular weight is 315 g/mol. The SMILES string of the molecule is CN(C)c1ccncc1CN[C@@H]1CCO[C@H](c2cncn2C)C1. The summed E-state index contributed by atoms with van der Waals surface area (Å²) in [6.07, 6.45) is 9.64. The minimum atomic E-state index is 0.121. The summed E-state index contributed by atoms with van der Waals surface area (Å²) in [6.45, 7) is 1.60. The van der Waals surface area contributed by atoms with E-state index < -0.39 is 0 Å². The van der Waals surface area contributed by atoms with Gasteiger partial charge in [0.15, 0.2) is 0 Å². The zero-order valence-corrected chi connectivity index (χ0v) is 14.1. The predicted octanol–water partition coefficient (Wildman–Crippen LogP) is 1.89. The van der Waals surface area contributed by atoms with Crippen molar-refractivity contribution in [1.29, 1.82) is 0 Å². The molecule has 0 saturated carbocycles. The Hall–Kier alpha value is -1.92. The third-order valence-electron chi connectivity index (χ3n) is 4.41. The van der Waals surface area contributed by atoms with Gasteiger partial charge in [-0.05, 0) is 18.9 Å². The highest BCUT2D eigenvalue weighted by Gasteiger charge is 2.25. The molecule has 1 aliphatic heterocycles. The molecule has 1 saturated heterocycles. The Morgan fingerprint density at radius 2 is 2.22 bits per heavy atom. The van der Waals surface area contributed by atoms with Gasteiger partial charge in [-0.2, -0.15) is 0 Å². The van der Waals surface area contributed by atoms with E-state index in [4.69, 9.17) is 4.74 Å². The van der Waals surface area contributed by atoms with Crippen LogP contribution in [0, 0.1) is 0 Å². The van der Waals surface area contributed by atoms with Crippen molar-refractivity contribution in [2.45, 2.75) is 31.5 Å². The summed E-state index contributed by atoms with van der Waals surface area (Å²) in [5, 5.41) is 3.67. The van der Waals surface area contributed by atoms with E-state index in [0.29, 0.717) is 6.04 Å². The Morgan fingerprint density at radius 3 is 2.96 bits per heavy atom. The van der Waals surface area contributed by atoms with Crippen LogP contribution >= 0.6 is 0 Å². The van der Waals surface area contributed by atoms with Crippen molar-refractivity contribution in [3.05, 3.63) is 42.2 Å². The zero-order valence-electron chi connectivity index (χ0n) is 14.1. The van der Waals surface area contributed by atoms with Crippen molar-refractivity contribution in [1.82, 2.24) is 19.9 Å². The molecule has 6 nitrogen and oxygen atoms in total. The normalized spacial score (nSPS) is 21.3. The number of anilines is 1. The summed E-state index contributed by atoms with van der Waals surface area (Å²) in [7, 11) is 6.14. The first-order valence-corrected chi connectivity index (χ1v) is 8.06. The van der Waals surface area contributed by atoms with Crippen LogP contribution in [0.15, 0.2) is 31.0 Å². The minimum Gasteiger partial charge on any atom is -0.377 e. The molecule has 6 heteroatoms. The first kappa shape index (κ1) is 16.0. The number of imidazole rings is 1. The fourth-order valence-corrected chi connectivity index (χ4v) is 3.11. The monoisotopic (exact) mass is 315 g/mol. The first-order chi connectivity index (χ1) is 11.1. The summed E-state index contributed by atoms with van der Waals surface area (Å²) in [6, 6.07) is 2.50. The summed E-state index contributed by atoms with van der Waals surface area (Å²) >= 11 is 0. The van der Waals surface area contributed by atoms with E-state index in [1.807, 2.05) is 36.5 Å². The number of aromatic nitrogens is 3. The number of pyridine rings is 1. The number of nitrogens with zero attached hydrogens (tertiary/aromatic N) is 4. The van der Waals surface area contributed by atoms with Gasteiger partial charge in [-0.15, -0.1) is 0 Å². The van der Waals surface area contributed by atoms with Gasteiger partial charge in [-0.25, -0.2) is 4.98 Å². The second-order valence-electron chi connectivity index (χ2n) is 6.29. The van der Waals surface area contributed by atoms with Gasteiger partial charge in [0.25, 0.3) is 0 Å². The topological polar surface area (TPSA) is 55.2 Å². The Balaban J connectivity index is 1.62. The van der Waals surface area contributed by atoms with Crippen LogP contribution in [-0.4, -0.2) is 41.3 Å². The lowest BCUT2D eigenvalue weighted by atomic mass is 10.0. The Morgan fingerprint density at radius 1 is 1.35 bits per heavy atom. The molecule has 2 aromatic rings. The lowest BCUT2D eigenvalue weighted by Crippen LogP contribution is -2.36. The van der Waals surface area contributed by atoms with Crippen LogP contribution in [-0.2, 0) is 18.3 Å². The van der Waals surface area contributed by atoms with Crippen molar-refractivity contribution in [3.63, 3.8) is 0 Å². The average Bonchev–Trinajstić information content (AvgIpc) is 2.99. The summed E-state index contributed by atoms with van der Waals surface area (Å²) in [5.41, 5.74) is 3.58. The second-order valence-corrected chi connectivity index (χ2v) is 6.29. The van der Waals surface area contributed by atoms with Crippen LogP contribution in [0.25, 0.3) is 0 Å². The first-order valence-electron chi connectivity index (χ1n) is 8.06. The summed E-state index contributed by atoms with van der Waals surface area (Å²) < 4.78 is 7.97. The Bertz CT molecular complexity index is 639. The van der Waals surface area contributed by atoms with E-state index in [1.165, 1.54) is 11.3 Å². The van der Waals surface area contributed by atoms with Gasteiger partial charge >= 0.3 is 0 Å². The van der Waals surface area contributed by atoms with Crippen LogP contribution in [0.2, 0.25) is 0 Å². The smallest absolute Gasteiger partial charge is 0.100 e. The molecule has 0 aliphatic carbocycles. The molecule has 1 fully saturated rings. The summed E-state index contributed by atoms with van der Waals surface area (Å²) in [4.78, 5) is 10.6. The van der Waals surface area contributed by atoms with Gasteiger partial charge in [0, 0.05) is 64.0 Å². The van der Waals surface area contributed by atoms with Crippen molar-refractivity contribution in [2.24, 2.45) is 7.05 Å². The molecule has 1 N–H and O–H groups in total. The van der Waals surface area contributed by atoms with Gasteiger partial charge in [-0.3, -0.25) is 4.98 Å². The number of nitrogens with one attached hydrogen (secondary N) is 1. The van der Waals surface area contributed by atoms with Gasteiger partial charge in [-0.1, -0.05) is 0 Å². The maximum atomic E-state index is 5.93. The molecule has 3 heterocycles. The molecule has 3 rings (SSSR count). The molecule has 0 amide bonds. The van der Waals surface area contributed by atoms with Gasteiger partial charge in [0.05, 0.1) is 18.2 Å². The Kier molecular flexibility index (Phi) is 4.93. The minimum absolute atomic E-state index is 0.121. The molecule has 2 atom stereocenters. The zero-order chi connectivity index (χ0) is 16.2. The van der Waals surface area contributed by atoms with Gasteiger partial charge in [0.2, 0.25) is 0 Å². The number of ether oxygens (including phenoxy) is 1. The summed E-state index contributed by atoms with van der Waals surface area (Å²) in [5.74, 6) is 0. The van der Waals surface area contributed by atoms with E-state index in [1.54, 1.807) is 0 Å². The fourth-order valence-electron chi connectivity index (χ4n) is 3.11. The highest BCUT2D eigenvalue weighted by molar-refractivity contribution is 5.50. The fraction of sp³-hybridized carbons (Fsp3) is 0.529. The van der Waals surface area contributed by atoms with Crippen molar-refractivity contribution < 1.29 is 4.74 Å². The van der Waals surface area contributed by atoms with Crippen LogP contribution in [0.4, 0.5) is 5.69 Å². The van der Waals surface area contributed by atoms with Crippen molar-refractivity contribution in [2.75, 3.05) is 25.6 Å². The molecular formula is C17H25N5O. The molecular weight excluding hydrogens is 290 g/mol. The van der Waals surface area contributed by atoms with E-state index in [2.05, 4.69) is 40.3 Å². The molecule has 23 heavy (non-hydrogen) atoms. The molecule has 0 spiro atoms. The Labute approximate surface area is 137 Å². The highest BCUT2D eigenvalue weighted by Crippen LogP contribution is 2.28. The molecule has 0 radical (unpaired) electrons. The molecule has 1 aliphatic rings. The van der Waals surface area contributed by atoms with E-state index in [-0.39, 0.29) is 6.10 Å². The second kappa shape index (κ2) is 7.10. The molecule has 0 unspecified atom stereocenters. The molecule has 0 bridgehead atoms. The number of hydrogen-bond donors (Lipinski definition) is 1. The predicted molar refractivity (Wildman–Crippen MR) is 90.3 cm³/mol. The van der Waals surface area contributed by atoms with Crippen LogP contribution in [0.5, 0.6) is 0 Å². The lowest BCUT2D eigenvalue weighted by molar-refractivity contribution is -0.00403. The quantitative estimate of drug-likeness (QED) is 0.913. The van der Waals surface area contributed by atoms with Gasteiger partial charge < -0.3 is 19.5 Å². The van der Waals surface area contributed by atoms with Crippen molar-refractivity contribution in [3.8, 4) is 0 Å². The largest absolute Gasteiger partial charge is 0.377 e. The number of hydrogen-bond acceptors (Lipinski definition) is 5. The van der Waals surface area contributed by atoms with Gasteiger partial charge in [0.1, 0.15) is 6.10 Å². The molecule has 2 aromatic heterocycles. The van der Waals surface area contributed by atoms with Crippen molar-refractivity contribution >= 4 is 5.69 Å².